The fourth-order valence-electron chi connectivity index (χ4n) is 4.01. The minimum absolute atomic E-state index is 0.0462. The van der Waals surface area contributed by atoms with Crippen LogP contribution in [0.2, 0.25) is 0 Å². The normalized spacial score (nSPS) is 17.6. The van der Waals surface area contributed by atoms with Gasteiger partial charge in [0.25, 0.3) is 0 Å². The first-order chi connectivity index (χ1) is 15.0. The highest BCUT2D eigenvalue weighted by Gasteiger charge is 2.35. The summed E-state index contributed by atoms with van der Waals surface area (Å²) in [5.41, 5.74) is 1.50. The Morgan fingerprint density at radius 1 is 1.22 bits per heavy atom. The van der Waals surface area contributed by atoms with Gasteiger partial charge >= 0.3 is 6.18 Å². The summed E-state index contributed by atoms with van der Waals surface area (Å²) in [6.45, 7) is 1.71. The van der Waals surface area contributed by atoms with Gasteiger partial charge in [-0.3, -0.25) is 9.89 Å². The number of aromatic nitrogens is 2. The van der Waals surface area contributed by atoms with Crippen molar-refractivity contribution in [3.8, 4) is 11.3 Å². The summed E-state index contributed by atoms with van der Waals surface area (Å²) in [5.74, 6) is -0.250. The lowest BCUT2D eigenvalue weighted by molar-refractivity contribution is -0.139. The van der Waals surface area contributed by atoms with E-state index in [2.05, 4.69) is 10.2 Å². The summed E-state index contributed by atoms with van der Waals surface area (Å²) in [4.78, 5) is 14.0. The number of hydrogen-bond acceptors (Lipinski definition) is 5. The Morgan fingerprint density at radius 3 is 2.59 bits per heavy atom. The topological polar surface area (TPSA) is 86.4 Å². The minimum Gasteiger partial charge on any atom is -0.342 e. The standard InChI is InChI=1S/C20H23F3N4O3S2/c1-32(29,30)27-9-6-16-14(11-27)19(25-24-16)13-4-5-15(20(21,22)23)17(10-13)31-12-18(28)26-7-2-3-8-26/h4-5,10H,2-3,6-9,11-12H2,1H3,(H,24,25). The maximum atomic E-state index is 13.6. The number of rotatable bonds is 5. The first-order valence-electron chi connectivity index (χ1n) is 10.2. The maximum Gasteiger partial charge on any atom is 0.417 e. The zero-order valence-electron chi connectivity index (χ0n) is 17.4. The summed E-state index contributed by atoms with van der Waals surface area (Å²) in [7, 11) is -3.41. The zero-order chi connectivity index (χ0) is 23.1. The van der Waals surface area contributed by atoms with E-state index in [1.54, 1.807) is 4.90 Å². The molecular weight excluding hydrogens is 465 g/mol. The van der Waals surface area contributed by atoms with Crippen LogP contribution in [0.25, 0.3) is 11.3 Å². The predicted molar refractivity (Wildman–Crippen MR) is 115 cm³/mol. The summed E-state index contributed by atoms with van der Waals surface area (Å²) >= 11 is 0.867. The van der Waals surface area contributed by atoms with Gasteiger partial charge in [-0.2, -0.15) is 22.6 Å². The quantitative estimate of drug-likeness (QED) is 0.654. The Bertz CT molecular complexity index is 1130. The number of fused-ring (bicyclic) bond motifs is 1. The maximum absolute atomic E-state index is 13.6. The number of carbonyl (C=O) groups is 1. The lowest BCUT2D eigenvalue weighted by Crippen LogP contribution is -2.35. The Kier molecular flexibility index (Phi) is 6.29. The van der Waals surface area contributed by atoms with Crippen molar-refractivity contribution in [2.45, 2.75) is 36.9 Å². The number of carbonyl (C=O) groups excluding carboxylic acids is 1. The van der Waals surface area contributed by atoms with E-state index in [0.29, 0.717) is 42.9 Å². The number of thioether (sulfide) groups is 1. The second-order valence-corrected chi connectivity index (χ2v) is 11.0. The third kappa shape index (κ3) is 4.81. The number of aromatic amines is 1. The highest BCUT2D eigenvalue weighted by molar-refractivity contribution is 8.00. The number of likely N-dealkylation sites (tertiary alicyclic amines) is 1. The smallest absolute Gasteiger partial charge is 0.342 e. The number of halogens is 3. The van der Waals surface area contributed by atoms with E-state index in [0.717, 1.165) is 42.6 Å². The molecule has 174 valence electrons. The van der Waals surface area contributed by atoms with Gasteiger partial charge < -0.3 is 4.90 Å². The van der Waals surface area contributed by atoms with Crippen LogP contribution >= 0.6 is 11.8 Å². The van der Waals surface area contributed by atoms with E-state index in [1.807, 2.05) is 0 Å². The molecule has 2 aliphatic heterocycles. The SMILES string of the molecule is CS(=O)(=O)N1CCc2[nH]nc(-c3ccc(C(F)(F)F)c(SCC(=O)N4CCCC4)c3)c2C1. The Morgan fingerprint density at radius 2 is 1.94 bits per heavy atom. The second kappa shape index (κ2) is 8.71. The summed E-state index contributed by atoms with van der Waals surface area (Å²) in [5, 5.41) is 7.15. The van der Waals surface area contributed by atoms with Crippen molar-refractivity contribution in [2.75, 3.05) is 31.6 Å². The molecule has 7 nitrogen and oxygen atoms in total. The van der Waals surface area contributed by atoms with Crippen molar-refractivity contribution in [3.63, 3.8) is 0 Å². The number of alkyl halides is 3. The minimum atomic E-state index is -4.56. The van der Waals surface area contributed by atoms with E-state index >= 15 is 0 Å². The van der Waals surface area contributed by atoms with Crippen molar-refractivity contribution in [1.29, 1.82) is 0 Å². The summed E-state index contributed by atoms with van der Waals surface area (Å²) in [6.07, 6.45) is -1.16. The molecule has 1 aromatic carbocycles. The van der Waals surface area contributed by atoms with Crippen LogP contribution in [-0.2, 0) is 34.0 Å². The molecule has 1 saturated heterocycles. The molecule has 1 fully saturated rings. The van der Waals surface area contributed by atoms with E-state index < -0.39 is 21.8 Å². The fraction of sp³-hybridized carbons (Fsp3) is 0.500. The molecule has 0 bridgehead atoms. The molecule has 2 aromatic rings. The first kappa shape index (κ1) is 23.1. The lowest BCUT2D eigenvalue weighted by Gasteiger charge is -2.24. The van der Waals surface area contributed by atoms with Gasteiger partial charge in [-0.1, -0.05) is 6.07 Å². The van der Waals surface area contributed by atoms with Crippen LogP contribution in [0.5, 0.6) is 0 Å². The van der Waals surface area contributed by atoms with Gasteiger partial charge in [-0.15, -0.1) is 11.8 Å². The third-order valence-electron chi connectivity index (χ3n) is 5.74. The molecule has 0 aliphatic carbocycles. The van der Waals surface area contributed by atoms with Crippen LogP contribution in [0.1, 0.15) is 29.7 Å². The zero-order valence-corrected chi connectivity index (χ0v) is 19.0. The van der Waals surface area contributed by atoms with Crippen molar-refractivity contribution < 1.29 is 26.4 Å². The third-order valence-corrected chi connectivity index (χ3v) is 8.03. The van der Waals surface area contributed by atoms with Crippen LogP contribution in [0.3, 0.4) is 0 Å². The van der Waals surface area contributed by atoms with Gasteiger partial charge in [0.15, 0.2) is 0 Å². The molecule has 12 heteroatoms. The van der Waals surface area contributed by atoms with Gasteiger partial charge in [-0.25, -0.2) is 8.42 Å². The molecule has 2 aliphatic rings. The van der Waals surface area contributed by atoms with Crippen molar-refractivity contribution >= 4 is 27.7 Å². The number of H-pyrrole nitrogens is 1. The molecule has 1 aromatic heterocycles. The Hall–Kier alpha value is -2.05. The van der Waals surface area contributed by atoms with Gasteiger partial charge in [0.2, 0.25) is 15.9 Å². The van der Waals surface area contributed by atoms with E-state index in [1.165, 1.54) is 16.4 Å². The van der Waals surface area contributed by atoms with Gasteiger partial charge in [0, 0.05) is 54.3 Å². The summed E-state index contributed by atoms with van der Waals surface area (Å²) in [6, 6.07) is 3.72. The number of hydrogen-bond donors (Lipinski definition) is 1. The van der Waals surface area contributed by atoms with Crippen LogP contribution in [0.15, 0.2) is 23.1 Å². The van der Waals surface area contributed by atoms with Crippen LogP contribution in [-0.4, -0.2) is 65.4 Å². The van der Waals surface area contributed by atoms with Gasteiger partial charge in [0.05, 0.1) is 23.3 Å². The Labute approximate surface area is 188 Å². The number of benzene rings is 1. The van der Waals surface area contributed by atoms with E-state index in [-0.39, 0.29) is 23.1 Å². The molecule has 0 radical (unpaired) electrons. The molecular formula is C20H23F3N4O3S2. The average molecular weight is 489 g/mol. The van der Waals surface area contributed by atoms with Gasteiger partial charge in [0.1, 0.15) is 0 Å². The highest BCUT2D eigenvalue weighted by atomic mass is 32.2. The largest absolute Gasteiger partial charge is 0.417 e. The molecule has 4 rings (SSSR count). The predicted octanol–water partition coefficient (Wildman–Crippen LogP) is 3.13. The fourth-order valence-corrected chi connectivity index (χ4v) is 5.81. The van der Waals surface area contributed by atoms with Crippen molar-refractivity contribution in [2.24, 2.45) is 0 Å². The monoisotopic (exact) mass is 488 g/mol. The number of nitrogens with zero attached hydrogens (tertiary/aromatic N) is 3. The molecule has 0 atom stereocenters. The Balaban J connectivity index is 1.64. The van der Waals surface area contributed by atoms with Crippen LogP contribution < -0.4 is 0 Å². The molecule has 3 heterocycles. The first-order valence-corrected chi connectivity index (χ1v) is 13.0. The highest BCUT2D eigenvalue weighted by Crippen LogP contribution is 2.40. The second-order valence-electron chi connectivity index (χ2n) is 7.96. The van der Waals surface area contributed by atoms with Crippen LogP contribution in [0, 0.1) is 0 Å². The van der Waals surface area contributed by atoms with Gasteiger partial charge in [-0.05, 0) is 25.0 Å². The molecule has 0 saturated carbocycles. The molecule has 1 N–H and O–H groups in total. The lowest BCUT2D eigenvalue weighted by atomic mass is 10.0. The molecule has 1 amide bonds. The number of amides is 1. The number of sulfonamides is 1. The van der Waals surface area contributed by atoms with E-state index in [9.17, 15) is 26.4 Å². The molecule has 32 heavy (non-hydrogen) atoms. The molecule has 0 unspecified atom stereocenters. The average Bonchev–Trinajstić information content (AvgIpc) is 3.40. The van der Waals surface area contributed by atoms with Crippen molar-refractivity contribution in [1.82, 2.24) is 19.4 Å². The van der Waals surface area contributed by atoms with Crippen molar-refractivity contribution in [3.05, 3.63) is 35.0 Å². The van der Waals surface area contributed by atoms with Crippen LogP contribution in [0.4, 0.5) is 13.2 Å². The molecule has 0 spiro atoms. The van der Waals surface area contributed by atoms with E-state index in [4.69, 9.17) is 0 Å². The number of nitrogens with one attached hydrogen (secondary N) is 1. The summed E-state index contributed by atoms with van der Waals surface area (Å²) < 4.78 is 66.0.